The minimum atomic E-state index is -0.440. The molecule has 2 aliphatic rings. The molecule has 0 amide bonds. The van der Waals surface area contributed by atoms with E-state index in [1.807, 2.05) is 0 Å². The average molecular weight is 285 g/mol. The molecule has 0 bridgehead atoms. The van der Waals surface area contributed by atoms with Crippen molar-refractivity contribution in [1.29, 1.82) is 5.26 Å². The number of rotatable bonds is 2. The molecule has 0 radical (unpaired) electrons. The van der Waals surface area contributed by atoms with Gasteiger partial charge < -0.3 is 4.90 Å². The first-order chi connectivity index (χ1) is 10.2. The summed E-state index contributed by atoms with van der Waals surface area (Å²) in [6.45, 7) is 0.952. The molecular weight excluding hydrogens is 266 g/mol. The molecule has 1 aromatic carbocycles. The van der Waals surface area contributed by atoms with Crippen molar-refractivity contribution in [3.63, 3.8) is 0 Å². The van der Waals surface area contributed by atoms with Gasteiger partial charge in [-0.1, -0.05) is 12.8 Å². The highest BCUT2D eigenvalue weighted by Crippen LogP contribution is 2.39. The van der Waals surface area contributed by atoms with Crippen LogP contribution in [0.2, 0.25) is 0 Å². The van der Waals surface area contributed by atoms with Crippen molar-refractivity contribution in [2.45, 2.75) is 44.6 Å². The lowest BCUT2D eigenvalue weighted by Crippen LogP contribution is -2.47. The summed E-state index contributed by atoms with van der Waals surface area (Å²) >= 11 is 0. The molecule has 2 atom stereocenters. The van der Waals surface area contributed by atoms with Gasteiger partial charge in [0.1, 0.15) is 6.07 Å². The van der Waals surface area contributed by atoms with E-state index < -0.39 is 4.92 Å². The molecule has 1 saturated carbocycles. The number of fused-ring (bicyclic) bond motifs is 1. The second-order valence-electron chi connectivity index (χ2n) is 6.02. The number of hydrogen-bond donors (Lipinski definition) is 0. The summed E-state index contributed by atoms with van der Waals surface area (Å²) < 4.78 is 0. The van der Waals surface area contributed by atoms with Crippen molar-refractivity contribution in [2.24, 2.45) is 5.92 Å². The molecule has 0 N–H and O–H groups in total. The van der Waals surface area contributed by atoms with Crippen molar-refractivity contribution in [2.75, 3.05) is 11.4 Å². The lowest BCUT2D eigenvalue weighted by atomic mass is 9.78. The number of hydrogen-bond acceptors (Lipinski definition) is 4. The number of nitro groups is 1. The van der Waals surface area contributed by atoms with Crippen LogP contribution in [0, 0.1) is 27.4 Å². The molecule has 110 valence electrons. The van der Waals surface area contributed by atoms with Gasteiger partial charge in [0.05, 0.1) is 16.2 Å². The molecule has 1 heterocycles. The molecule has 1 aliphatic carbocycles. The van der Waals surface area contributed by atoms with E-state index in [9.17, 15) is 15.4 Å². The molecular formula is C16H19N3O2. The smallest absolute Gasteiger partial charge is 0.270 e. The monoisotopic (exact) mass is 285 g/mol. The molecule has 2 unspecified atom stereocenters. The Balaban J connectivity index is 1.95. The maximum atomic E-state index is 10.9. The number of nitriles is 1. The first-order valence-corrected chi connectivity index (χ1v) is 7.66. The van der Waals surface area contributed by atoms with E-state index in [1.54, 1.807) is 6.07 Å². The molecule has 5 heteroatoms. The number of benzene rings is 1. The van der Waals surface area contributed by atoms with Gasteiger partial charge in [-0.2, -0.15) is 5.26 Å². The molecule has 5 nitrogen and oxygen atoms in total. The Bertz CT molecular complexity index is 592. The van der Waals surface area contributed by atoms with E-state index in [0.29, 0.717) is 17.5 Å². The van der Waals surface area contributed by atoms with Gasteiger partial charge >= 0.3 is 0 Å². The van der Waals surface area contributed by atoms with Crippen LogP contribution in [0.4, 0.5) is 11.4 Å². The Kier molecular flexibility index (Phi) is 3.78. The Labute approximate surface area is 124 Å². The fourth-order valence-electron chi connectivity index (χ4n) is 3.90. The molecule has 3 rings (SSSR count). The number of nitrogens with zero attached hydrogens (tertiary/aromatic N) is 3. The normalized spacial score (nSPS) is 25.0. The summed E-state index contributed by atoms with van der Waals surface area (Å²) in [5.41, 5.74) is 1.29. The number of piperidine rings is 1. The van der Waals surface area contributed by atoms with Crippen LogP contribution in [-0.4, -0.2) is 17.5 Å². The fourth-order valence-corrected chi connectivity index (χ4v) is 3.90. The molecule has 0 aromatic heterocycles. The summed E-state index contributed by atoms with van der Waals surface area (Å²) in [5, 5.41) is 20.2. The topological polar surface area (TPSA) is 70.2 Å². The van der Waals surface area contributed by atoms with Gasteiger partial charge in [0, 0.05) is 24.7 Å². The fraction of sp³-hybridized carbons (Fsp3) is 0.562. The molecule has 1 aliphatic heterocycles. The molecule has 0 spiro atoms. The lowest BCUT2D eigenvalue weighted by molar-refractivity contribution is -0.384. The molecule has 2 fully saturated rings. The maximum Gasteiger partial charge on any atom is 0.270 e. The zero-order valence-corrected chi connectivity index (χ0v) is 12.0. The summed E-state index contributed by atoms with van der Waals surface area (Å²) in [6.07, 6.45) is 7.41. The lowest BCUT2D eigenvalue weighted by Gasteiger charge is -2.45. The van der Waals surface area contributed by atoms with Gasteiger partial charge in [-0.25, -0.2) is 0 Å². The minimum absolute atomic E-state index is 0.00694. The Morgan fingerprint density at radius 2 is 2.00 bits per heavy atom. The molecule has 21 heavy (non-hydrogen) atoms. The van der Waals surface area contributed by atoms with E-state index in [-0.39, 0.29) is 5.69 Å². The van der Waals surface area contributed by atoms with Crippen molar-refractivity contribution >= 4 is 11.4 Å². The van der Waals surface area contributed by atoms with Crippen molar-refractivity contribution < 1.29 is 4.92 Å². The van der Waals surface area contributed by atoms with E-state index in [1.165, 1.54) is 44.2 Å². The van der Waals surface area contributed by atoms with Gasteiger partial charge in [0.2, 0.25) is 0 Å². The Morgan fingerprint density at radius 3 is 2.76 bits per heavy atom. The van der Waals surface area contributed by atoms with Crippen LogP contribution in [-0.2, 0) is 0 Å². The number of anilines is 1. The van der Waals surface area contributed by atoms with Crippen molar-refractivity contribution in [3.05, 3.63) is 33.9 Å². The quantitative estimate of drug-likeness (QED) is 0.614. The summed E-state index contributed by atoms with van der Waals surface area (Å²) in [6, 6.07) is 7.32. The van der Waals surface area contributed by atoms with E-state index in [4.69, 9.17) is 0 Å². The van der Waals surface area contributed by atoms with Gasteiger partial charge in [0.15, 0.2) is 0 Å². The highest BCUT2D eigenvalue weighted by atomic mass is 16.6. The average Bonchev–Trinajstić information content (AvgIpc) is 2.53. The number of nitro benzene ring substituents is 1. The molecule has 1 saturated heterocycles. The van der Waals surface area contributed by atoms with Gasteiger partial charge in [0.25, 0.3) is 5.69 Å². The second-order valence-corrected chi connectivity index (χ2v) is 6.02. The van der Waals surface area contributed by atoms with Crippen LogP contribution >= 0.6 is 0 Å². The van der Waals surface area contributed by atoms with E-state index in [0.717, 1.165) is 18.7 Å². The van der Waals surface area contributed by atoms with Gasteiger partial charge in [-0.3, -0.25) is 10.1 Å². The minimum Gasteiger partial charge on any atom is -0.367 e. The summed E-state index contributed by atoms with van der Waals surface area (Å²) in [4.78, 5) is 12.8. The van der Waals surface area contributed by atoms with Gasteiger partial charge in [-0.05, 0) is 37.7 Å². The first kappa shape index (κ1) is 13.9. The van der Waals surface area contributed by atoms with Gasteiger partial charge in [-0.15, -0.1) is 0 Å². The van der Waals surface area contributed by atoms with Crippen LogP contribution in [0.5, 0.6) is 0 Å². The third-order valence-corrected chi connectivity index (χ3v) is 4.86. The van der Waals surface area contributed by atoms with Crippen LogP contribution in [0.1, 0.15) is 44.1 Å². The van der Waals surface area contributed by atoms with Crippen LogP contribution in [0.25, 0.3) is 0 Å². The Hall–Kier alpha value is -2.09. The standard InChI is InChI=1S/C16H19N3O2/c17-11-13-10-14(19(20)21)7-8-16(13)18-9-3-5-12-4-1-2-6-15(12)18/h7-8,10,12,15H,1-6,9H2. The highest BCUT2D eigenvalue weighted by Gasteiger charge is 2.34. The second kappa shape index (κ2) is 5.72. The Morgan fingerprint density at radius 1 is 1.24 bits per heavy atom. The van der Waals surface area contributed by atoms with Crippen molar-refractivity contribution in [1.82, 2.24) is 0 Å². The number of non-ortho nitro benzene ring substituents is 1. The zero-order valence-electron chi connectivity index (χ0n) is 12.0. The largest absolute Gasteiger partial charge is 0.367 e. The summed E-state index contributed by atoms with van der Waals surface area (Å²) in [7, 11) is 0. The predicted molar refractivity (Wildman–Crippen MR) is 80.1 cm³/mol. The van der Waals surface area contributed by atoms with E-state index in [2.05, 4.69) is 11.0 Å². The highest BCUT2D eigenvalue weighted by molar-refractivity contribution is 5.63. The first-order valence-electron chi connectivity index (χ1n) is 7.66. The maximum absolute atomic E-state index is 10.9. The zero-order chi connectivity index (χ0) is 14.8. The third-order valence-electron chi connectivity index (χ3n) is 4.86. The summed E-state index contributed by atoms with van der Waals surface area (Å²) in [5.74, 6) is 0.717. The SMILES string of the molecule is N#Cc1cc([N+](=O)[O-])ccc1N1CCCC2CCCCC21. The predicted octanol–water partition coefficient (Wildman–Crippen LogP) is 3.63. The van der Waals surface area contributed by atoms with Crippen LogP contribution in [0.15, 0.2) is 18.2 Å². The van der Waals surface area contributed by atoms with Crippen LogP contribution < -0.4 is 4.90 Å². The third kappa shape index (κ3) is 2.58. The van der Waals surface area contributed by atoms with E-state index >= 15 is 0 Å². The molecule has 1 aromatic rings. The van der Waals surface area contributed by atoms with Crippen molar-refractivity contribution in [3.8, 4) is 6.07 Å². The van der Waals surface area contributed by atoms with Crippen LogP contribution in [0.3, 0.4) is 0 Å².